The van der Waals surface area contributed by atoms with E-state index in [0.29, 0.717) is 11.1 Å². The summed E-state index contributed by atoms with van der Waals surface area (Å²) in [4.78, 5) is 21.8. The molecule has 1 aliphatic rings. The summed E-state index contributed by atoms with van der Waals surface area (Å²) in [5, 5.41) is 2.85. The Morgan fingerprint density at radius 1 is 1.16 bits per heavy atom. The molecular weight excluding hydrogens is 409 g/mol. The number of aromatic nitrogens is 3. The van der Waals surface area contributed by atoms with Crippen LogP contribution in [0.2, 0.25) is 0 Å². The number of alkyl halides is 3. The van der Waals surface area contributed by atoms with Gasteiger partial charge in [-0.25, -0.2) is 4.98 Å². The second-order valence-corrected chi connectivity index (χ2v) is 7.51. The van der Waals surface area contributed by atoms with Crippen molar-refractivity contribution in [2.45, 2.75) is 26.1 Å². The van der Waals surface area contributed by atoms with Crippen LogP contribution < -0.4 is 10.1 Å². The predicted molar refractivity (Wildman–Crippen MR) is 107 cm³/mol. The summed E-state index contributed by atoms with van der Waals surface area (Å²) in [5.41, 5.74) is 3.33. The number of benzene rings is 2. The van der Waals surface area contributed by atoms with Gasteiger partial charge in [0, 0.05) is 11.1 Å². The van der Waals surface area contributed by atoms with Crippen molar-refractivity contribution in [3.05, 3.63) is 70.8 Å². The summed E-state index contributed by atoms with van der Waals surface area (Å²) in [5.74, 6) is 0.569. The lowest BCUT2D eigenvalue weighted by atomic mass is 10.0. The van der Waals surface area contributed by atoms with Gasteiger partial charge in [-0.3, -0.25) is 14.2 Å². The van der Waals surface area contributed by atoms with Crippen molar-refractivity contribution >= 4 is 22.5 Å². The molecule has 1 atom stereocenters. The van der Waals surface area contributed by atoms with E-state index in [4.69, 9.17) is 4.74 Å². The largest absolute Gasteiger partial charge is 0.491 e. The average molecular weight is 426 g/mol. The summed E-state index contributed by atoms with van der Waals surface area (Å²) in [6.07, 6.45) is -2.70. The van der Waals surface area contributed by atoms with Crippen LogP contribution in [0.25, 0.3) is 16.6 Å². The van der Waals surface area contributed by atoms with E-state index in [2.05, 4.69) is 15.3 Å². The summed E-state index contributed by atoms with van der Waals surface area (Å²) >= 11 is 0. The van der Waals surface area contributed by atoms with E-state index in [9.17, 15) is 18.0 Å². The van der Waals surface area contributed by atoms with Gasteiger partial charge in [0.05, 0.1) is 40.0 Å². The van der Waals surface area contributed by atoms with Crippen LogP contribution in [0.4, 0.5) is 13.2 Å². The number of nitrogens with zero attached hydrogens (tertiary/aromatic N) is 3. The zero-order chi connectivity index (χ0) is 21.9. The fraction of sp³-hybridized carbons (Fsp3) is 0.227. The molecule has 9 heteroatoms. The molecule has 0 aliphatic carbocycles. The molecular formula is C22H17F3N4O2. The Hall–Kier alpha value is -3.62. The van der Waals surface area contributed by atoms with Crippen LogP contribution in [0.3, 0.4) is 0 Å². The highest BCUT2D eigenvalue weighted by Gasteiger charge is 2.34. The van der Waals surface area contributed by atoms with Gasteiger partial charge in [0.1, 0.15) is 18.2 Å². The van der Waals surface area contributed by atoms with Crippen molar-refractivity contribution in [3.8, 4) is 5.75 Å². The van der Waals surface area contributed by atoms with Gasteiger partial charge >= 0.3 is 6.18 Å². The monoisotopic (exact) mass is 426 g/mol. The molecule has 158 valence electrons. The van der Waals surface area contributed by atoms with Gasteiger partial charge in [-0.05, 0) is 44.2 Å². The van der Waals surface area contributed by atoms with Gasteiger partial charge in [0.2, 0.25) is 0 Å². The van der Waals surface area contributed by atoms with Gasteiger partial charge in [0.15, 0.2) is 0 Å². The molecule has 31 heavy (non-hydrogen) atoms. The Morgan fingerprint density at radius 2 is 1.97 bits per heavy atom. The van der Waals surface area contributed by atoms with Gasteiger partial charge in [-0.2, -0.15) is 13.2 Å². The molecule has 1 unspecified atom stereocenters. The van der Waals surface area contributed by atoms with Crippen molar-refractivity contribution in [1.29, 1.82) is 0 Å². The number of carbonyl (C=O) groups is 1. The number of ether oxygens (including phenoxy) is 1. The lowest BCUT2D eigenvalue weighted by Gasteiger charge is -2.13. The normalized spacial score (nSPS) is 15.8. The maximum atomic E-state index is 12.9. The van der Waals surface area contributed by atoms with Crippen LogP contribution in [-0.2, 0) is 6.18 Å². The zero-order valence-electron chi connectivity index (χ0n) is 16.6. The number of hydrogen-bond donors (Lipinski definition) is 1. The second-order valence-electron chi connectivity index (χ2n) is 7.51. The SMILES string of the molecule is Cc1nc(C)n2c1cnc1ccc(C(=O)NC3COc4cc(C(F)(F)F)ccc43)cc12. The molecule has 0 saturated carbocycles. The van der Waals surface area contributed by atoms with Crippen LogP contribution in [0.1, 0.15) is 39.0 Å². The van der Waals surface area contributed by atoms with Crippen LogP contribution >= 0.6 is 0 Å². The third-order valence-corrected chi connectivity index (χ3v) is 5.50. The van der Waals surface area contributed by atoms with Crippen molar-refractivity contribution < 1.29 is 22.7 Å². The number of carbonyl (C=O) groups excluding carboxylic acids is 1. The van der Waals surface area contributed by atoms with E-state index < -0.39 is 17.8 Å². The van der Waals surface area contributed by atoms with E-state index in [1.807, 2.05) is 18.2 Å². The number of amides is 1. The van der Waals surface area contributed by atoms with E-state index in [1.54, 1.807) is 24.4 Å². The predicted octanol–water partition coefficient (Wildman–Crippen LogP) is 4.38. The maximum Gasteiger partial charge on any atom is 0.416 e. The summed E-state index contributed by atoms with van der Waals surface area (Å²) < 4.78 is 46.1. The Bertz CT molecular complexity index is 1360. The van der Waals surface area contributed by atoms with E-state index in [0.717, 1.165) is 40.2 Å². The Labute approximate surface area is 174 Å². The Balaban J connectivity index is 1.46. The smallest absolute Gasteiger partial charge is 0.416 e. The van der Waals surface area contributed by atoms with E-state index >= 15 is 0 Å². The summed E-state index contributed by atoms with van der Waals surface area (Å²) in [7, 11) is 0. The maximum absolute atomic E-state index is 12.9. The fourth-order valence-electron chi connectivity index (χ4n) is 3.97. The minimum absolute atomic E-state index is 0.0710. The number of imidazole rings is 1. The first-order valence-electron chi connectivity index (χ1n) is 9.61. The topological polar surface area (TPSA) is 68.5 Å². The molecule has 5 rings (SSSR count). The highest BCUT2D eigenvalue weighted by molar-refractivity contribution is 5.98. The molecule has 2 aromatic carbocycles. The first-order chi connectivity index (χ1) is 14.7. The van der Waals surface area contributed by atoms with Gasteiger partial charge in [0.25, 0.3) is 5.91 Å². The van der Waals surface area contributed by atoms with Crippen LogP contribution in [0.15, 0.2) is 42.6 Å². The third kappa shape index (κ3) is 3.17. The van der Waals surface area contributed by atoms with Crippen LogP contribution in [-0.4, -0.2) is 26.9 Å². The lowest BCUT2D eigenvalue weighted by Crippen LogP contribution is -2.29. The van der Waals surface area contributed by atoms with Crippen molar-refractivity contribution in [1.82, 2.24) is 19.7 Å². The van der Waals surface area contributed by atoms with Crippen LogP contribution in [0.5, 0.6) is 5.75 Å². The lowest BCUT2D eigenvalue weighted by molar-refractivity contribution is -0.137. The van der Waals surface area contributed by atoms with E-state index in [-0.39, 0.29) is 18.3 Å². The Kier molecular flexibility index (Phi) is 4.18. The molecule has 2 aromatic heterocycles. The molecule has 0 radical (unpaired) electrons. The number of hydrogen-bond acceptors (Lipinski definition) is 4. The zero-order valence-corrected chi connectivity index (χ0v) is 16.6. The number of halogens is 3. The number of nitrogens with one attached hydrogen (secondary N) is 1. The average Bonchev–Trinajstić information content (AvgIpc) is 3.26. The minimum Gasteiger partial charge on any atom is -0.491 e. The molecule has 0 fully saturated rings. The molecule has 1 aliphatic heterocycles. The number of rotatable bonds is 2. The molecule has 1 N–H and O–H groups in total. The third-order valence-electron chi connectivity index (χ3n) is 5.50. The quantitative estimate of drug-likeness (QED) is 0.517. The van der Waals surface area contributed by atoms with Gasteiger partial charge in [-0.1, -0.05) is 6.07 Å². The molecule has 3 heterocycles. The van der Waals surface area contributed by atoms with Crippen molar-refractivity contribution in [3.63, 3.8) is 0 Å². The highest BCUT2D eigenvalue weighted by Crippen LogP contribution is 2.38. The number of fused-ring (bicyclic) bond motifs is 4. The highest BCUT2D eigenvalue weighted by atomic mass is 19.4. The van der Waals surface area contributed by atoms with Crippen LogP contribution in [0, 0.1) is 13.8 Å². The van der Waals surface area contributed by atoms with Crippen molar-refractivity contribution in [2.75, 3.05) is 6.61 Å². The molecule has 1 amide bonds. The van der Waals surface area contributed by atoms with Gasteiger partial charge < -0.3 is 10.1 Å². The summed E-state index contributed by atoms with van der Waals surface area (Å²) in [6, 6.07) is 7.93. The van der Waals surface area contributed by atoms with Gasteiger partial charge in [-0.15, -0.1) is 0 Å². The van der Waals surface area contributed by atoms with Crippen molar-refractivity contribution in [2.24, 2.45) is 0 Å². The standard InChI is InChI=1S/C22H17F3N4O2/c1-11-19-9-26-16-6-3-13(7-18(16)29(19)12(2)27-11)21(30)28-17-10-31-20-8-14(22(23,24)25)4-5-15(17)20/h3-9,17H,10H2,1-2H3,(H,28,30). The minimum atomic E-state index is -4.45. The fourth-order valence-corrected chi connectivity index (χ4v) is 3.97. The first kappa shape index (κ1) is 19.3. The summed E-state index contributed by atoms with van der Waals surface area (Å²) in [6.45, 7) is 3.85. The molecule has 0 bridgehead atoms. The molecule has 6 nitrogen and oxygen atoms in total. The number of aryl methyl sites for hydroxylation is 2. The molecule has 0 spiro atoms. The Morgan fingerprint density at radius 3 is 2.74 bits per heavy atom. The molecule has 4 aromatic rings. The molecule has 0 saturated heterocycles. The van der Waals surface area contributed by atoms with E-state index in [1.165, 1.54) is 6.07 Å². The second kappa shape index (κ2) is 6.69. The first-order valence-corrected chi connectivity index (χ1v) is 9.61.